The number of imidazole rings is 1. The molecule has 0 bridgehead atoms. The largest absolute Gasteiger partial charge is 0.380 e. The summed E-state index contributed by atoms with van der Waals surface area (Å²) in [7, 11) is 0. The number of nitrogens with zero attached hydrogens (tertiary/aromatic N) is 4. The van der Waals surface area contributed by atoms with Gasteiger partial charge in [-0.1, -0.05) is 31.2 Å². The Hall–Kier alpha value is -4.10. The lowest BCUT2D eigenvalue weighted by molar-refractivity contribution is -0.384. The molecule has 13 heteroatoms. The number of aromatic nitrogens is 4. The Labute approximate surface area is 219 Å². The minimum atomic E-state index is -2.41. The SMILES string of the molecule is CCCn1c(=O)c2[nH]c(Cc3ccc(OS(=O)O)cc3)nc2n(CCCCc2ccc([N+](=O)[O-])cc2)c1=O. The number of aromatic amines is 1. The van der Waals surface area contributed by atoms with Crippen LogP contribution in [0.1, 0.15) is 43.1 Å². The molecular weight excluding hydrogens is 514 g/mol. The van der Waals surface area contributed by atoms with Crippen molar-refractivity contribution in [2.45, 2.75) is 52.1 Å². The third-order valence-corrected chi connectivity index (χ3v) is 6.40. The van der Waals surface area contributed by atoms with E-state index in [1.54, 1.807) is 36.4 Å². The minimum Gasteiger partial charge on any atom is -0.380 e. The quantitative estimate of drug-likeness (QED) is 0.119. The van der Waals surface area contributed by atoms with Gasteiger partial charge in [0.05, 0.1) is 4.92 Å². The van der Waals surface area contributed by atoms with E-state index < -0.39 is 27.5 Å². The van der Waals surface area contributed by atoms with Crippen molar-refractivity contribution in [3.8, 4) is 5.75 Å². The molecule has 1 unspecified atom stereocenters. The lowest BCUT2D eigenvalue weighted by Gasteiger charge is -2.10. The number of benzene rings is 2. The second-order valence-corrected chi connectivity index (χ2v) is 9.38. The maximum Gasteiger partial charge on any atom is 0.357 e. The maximum atomic E-state index is 13.2. The number of rotatable bonds is 12. The van der Waals surface area contributed by atoms with E-state index in [0.717, 1.165) is 17.5 Å². The third kappa shape index (κ3) is 6.23. The molecule has 200 valence electrons. The predicted molar refractivity (Wildman–Crippen MR) is 142 cm³/mol. The Morgan fingerprint density at radius 3 is 2.34 bits per heavy atom. The van der Waals surface area contributed by atoms with Gasteiger partial charge in [-0.05, 0) is 48.9 Å². The van der Waals surface area contributed by atoms with Gasteiger partial charge in [0.2, 0.25) is 0 Å². The first kappa shape index (κ1) is 26.9. The van der Waals surface area contributed by atoms with Crippen LogP contribution in [0, 0.1) is 10.1 Å². The van der Waals surface area contributed by atoms with Crippen molar-refractivity contribution in [3.05, 3.63) is 96.4 Å². The summed E-state index contributed by atoms with van der Waals surface area (Å²) in [5.41, 5.74) is 1.57. The van der Waals surface area contributed by atoms with Gasteiger partial charge in [-0.15, -0.1) is 0 Å². The van der Waals surface area contributed by atoms with Crippen LogP contribution in [0.5, 0.6) is 5.75 Å². The van der Waals surface area contributed by atoms with Crippen LogP contribution in [0.15, 0.2) is 58.1 Å². The fraction of sp³-hybridized carbons (Fsp3) is 0.320. The Morgan fingerprint density at radius 1 is 1.03 bits per heavy atom. The fourth-order valence-corrected chi connectivity index (χ4v) is 4.52. The summed E-state index contributed by atoms with van der Waals surface area (Å²) in [6.07, 6.45) is 3.04. The van der Waals surface area contributed by atoms with Crippen molar-refractivity contribution < 1.29 is 17.9 Å². The van der Waals surface area contributed by atoms with Crippen molar-refractivity contribution in [2.24, 2.45) is 0 Å². The Kier molecular flexibility index (Phi) is 8.48. The van der Waals surface area contributed by atoms with E-state index in [-0.39, 0.29) is 17.0 Å². The van der Waals surface area contributed by atoms with Crippen LogP contribution in [0.3, 0.4) is 0 Å². The zero-order valence-electron chi connectivity index (χ0n) is 20.7. The van der Waals surface area contributed by atoms with Crippen LogP contribution in [0.4, 0.5) is 5.69 Å². The van der Waals surface area contributed by atoms with E-state index >= 15 is 0 Å². The molecule has 0 radical (unpaired) electrons. The van der Waals surface area contributed by atoms with E-state index in [1.165, 1.54) is 21.3 Å². The Morgan fingerprint density at radius 2 is 1.71 bits per heavy atom. The highest BCUT2D eigenvalue weighted by Crippen LogP contribution is 2.17. The molecule has 0 saturated heterocycles. The number of non-ortho nitro benzene ring substituents is 1. The molecule has 4 rings (SSSR count). The molecular formula is C25H27N5O7S. The van der Waals surface area contributed by atoms with E-state index in [2.05, 4.69) is 9.97 Å². The normalized spacial score (nSPS) is 12.1. The molecule has 2 aromatic heterocycles. The molecule has 2 N–H and O–H groups in total. The summed E-state index contributed by atoms with van der Waals surface area (Å²) >= 11 is -2.41. The molecule has 4 aromatic rings. The highest BCUT2D eigenvalue weighted by molar-refractivity contribution is 7.74. The summed E-state index contributed by atoms with van der Waals surface area (Å²) in [5.74, 6) is 0.744. The van der Waals surface area contributed by atoms with Crippen molar-refractivity contribution in [3.63, 3.8) is 0 Å². The molecule has 12 nitrogen and oxygen atoms in total. The number of unbranched alkanes of at least 4 members (excludes halogenated alkanes) is 1. The molecule has 0 aliphatic carbocycles. The second-order valence-electron chi connectivity index (χ2n) is 8.77. The smallest absolute Gasteiger partial charge is 0.357 e. The van der Waals surface area contributed by atoms with Gasteiger partial charge in [0, 0.05) is 31.6 Å². The molecule has 1 atom stereocenters. The lowest BCUT2D eigenvalue weighted by Crippen LogP contribution is -2.40. The van der Waals surface area contributed by atoms with Crippen LogP contribution in [0.25, 0.3) is 11.2 Å². The number of H-pyrrole nitrogens is 1. The predicted octanol–water partition coefficient (Wildman–Crippen LogP) is 3.33. The molecule has 0 aliphatic heterocycles. The Bertz CT molecular complexity index is 1570. The molecule has 2 heterocycles. The molecule has 0 fully saturated rings. The number of hydrogen-bond donors (Lipinski definition) is 2. The molecule has 0 saturated carbocycles. The van der Waals surface area contributed by atoms with E-state index in [9.17, 15) is 23.9 Å². The van der Waals surface area contributed by atoms with Gasteiger partial charge in [0.25, 0.3) is 11.2 Å². The molecule has 38 heavy (non-hydrogen) atoms. The van der Waals surface area contributed by atoms with Crippen LogP contribution in [-0.2, 0) is 37.3 Å². The first-order valence-corrected chi connectivity index (χ1v) is 13.1. The minimum absolute atomic E-state index is 0.0427. The van der Waals surface area contributed by atoms with Crippen LogP contribution >= 0.6 is 0 Å². The number of nitrogens with one attached hydrogen (secondary N) is 1. The van der Waals surface area contributed by atoms with Crippen molar-refractivity contribution in [1.29, 1.82) is 0 Å². The van der Waals surface area contributed by atoms with Crippen LogP contribution in [-0.4, -0.2) is 32.8 Å². The molecule has 0 amide bonds. The zero-order valence-corrected chi connectivity index (χ0v) is 21.5. The average Bonchev–Trinajstić information content (AvgIpc) is 3.31. The number of hydrogen-bond acceptors (Lipinski definition) is 7. The molecule has 0 spiro atoms. The van der Waals surface area contributed by atoms with Crippen molar-refractivity contribution in [1.82, 2.24) is 19.1 Å². The summed E-state index contributed by atoms with van der Waals surface area (Å²) in [6.45, 7) is 2.54. The van der Waals surface area contributed by atoms with Crippen LogP contribution in [0.2, 0.25) is 0 Å². The van der Waals surface area contributed by atoms with Gasteiger partial charge < -0.3 is 9.17 Å². The van der Waals surface area contributed by atoms with Crippen molar-refractivity contribution >= 4 is 28.2 Å². The summed E-state index contributed by atoms with van der Waals surface area (Å²) in [6, 6.07) is 13.0. The first-order chi connectivity index (χ1) is 18.3. The number of nitro benzene ring substituents is 1. The van der Waals surface area contributed by atoms with Gasteiger partial charge in [0.15, 0.2) is 5.65 Å². The highest BCUT2D eigenvalue weighted by atomic mass is 32.2. The van der Waals surface area contributed by atoms with E-state index in [1.807, 2.05) is 6.92 Å². The maximum absolute atomic E-state index is 13.2. The summed E-state index contributed by atoms with van der Waals surface area (Å²) < 4.78 is 27.1. The standard InChI is InChI=1S/C25H27N5O7S/c1-2-14-29-24(31)22-23(27-21(26-22)16-18-8-12-20(13-9-18)37-38(35)36)28(25(29)32)15-4-3-5-17-6-10-19(11-7-17)30(33)34/h6-13H,2-5,14-16H2,1H3,(H,26,27)(H,35,36). The van der Waals surface area contributed by atoms with E-state index in [4.69, 9.17) is 8.74 Å². The number of nitro groups is 1. The van der Waals surface area contributed by atoms with Gasteiger partial charge in [-0.25, -0.2) is 9.78 Å². The van der Waals surface area contributed by atoms with Gasteiger partial charge in [-0.3, -0.25) is 28.6 Å². The monoisotopic (exact) mass is 541 g/mol. The first-order valence-electron chi connectivity index (χ1n) is 12.1. The lowest BCUT2D eigenvalue weighted by atomic mass is 10.1. The summed E-state index contributed by atoms with van der Waals surface area (Å²) in [4.78, 5) is 44.3. The van der Waals surface area contributed by atoms with Gasteiger partial charge in [0.1, 0.15) is 17.1 Å². The van der Waals surface area contributed by atoms with Crippen molar-refractivity contribution in [2.75, 3.05) is 0 Å². The fourth-order valence-electron chi connectivity index (χ4n) is 4.24. The second kappa shape index (κ2) is 12.0. The van der Waals surface area contributed by atoms with Gasteiger partial charge >= 0.3 is 17.1 Å². The van der Waals surface area contributed by atoms with E-state index in [0.29, 0.717) is 50.2 Å². The average molecular weight is 542 g/mol. The zero-order chi connectivity index (χ0) is 27.2. The number of aryl methyl sites for hydroxylation is 2. The summed E-state index contributed by atoms with van der Waals surface area (Å²) in [5, 5.41) is 10.8. The topological polar surface area (TPSA) is 162 Å². The molecule has 0 aliphatic rings. The van der Waals surface area contributed by atoms with Gasteiger partial charge in [-0.2, -0.15) is 4.21 Å². The van der Waals surface area contributed by atoms with Crippen LogP contribution < -0.4 is 15.4 Å². The third-order valence-electron chi connectivity index (χ3n) is 6.06. The number of fused-ring (bicyclic) bond motifs is 1. The Balaban J connectivity index is 1.54. The molecule has 2 aromatic carbocycles. The highest BCUT2D eigenvalue weighted by Gasteiger charge is 2.17.